The summed E-state index contributed by atoms with van der Waals surface area (Å²) in [5.41, 5.74) is 1.32. The molecule has 0 amide bonds. The van der Waals surface area contributed by atoms with Gasteiger partial charge in [0, 0.05) is 15.6 Å². The van der Waals surface area contributed by atoms with Crippen molar-refractivity contribution < 1.29 is 9.53 Å². The minimum absolute atomic E-state index is 0.000119. The Kier molecular flexibility index (Phi) is 3.59. The molecule has 0 N–H and O–H groups in total. The van der Waals surface area contributed by atoms with Crippen LogP contribution in [0.3, 0.4) is 0 Å². The summed E-state index contributed by atoms with van der Waals surface area (Å²) in [5, 5.41) is 0. The maximum atomic E-state index is 12.2. The van der Waals surface area contributed by atoms with Crippen LogP contribution < -0.4 is 4.74 Å². The fourth-order valence-corrected chi connectivity index (χ4v) is 2.01. The van der Waals surface area contributed by atoms with Gasteiger partial charge >= 0.3 is 0 Å². The van der Waals surface area contributed by atoms with Crippen molar-refractivity contribution in [1.82, 2.24) is 0 Å². The van der Waals surface area contributed by atoms with Crippen LogP contribution in [0, 0.1) is 0 Å². The summed E-state index contributed by atoms with van der Waals surface area (Å²) in [7, 11) is 1.60. The second-order valence-electron chi connectivity index (χ2n) is 3.54. The molecule has 0 aromatic heterocycles. The Morgan fingerprint density at radius 1 is 1.06 bits per heavy atom. The lowest BCUT2D eigenvalue weighted by Gasteiger charge is -2.04. The van der Waals surface area contributed by atoms with Gasteiger partial charge in [-0.1, -0.05) is 28.1 Å². The number of benzene rings is 2. The lowest BCUT2D eigenvalue weighted by Crippen LogP contribution is -2.01. The van der Waals surface area contributed by atoms with E-state index in [0.717, 1.165) is 10.2 Å². The molecule has 0 aliphatic carbocycles. The summed E-state index contributed by atoms with van der Waals surface area (Å²) in [6.07, 6.45) is 0. The smallest absolute Gasteiger partial charge is 0.194 e. The molecule has 2 nitrogen and oxygen atoms in total. The first kappa shape index (κ1) is 11.9. The molecule has 0 unspecified atom stereocenters. The lowest BCUT2D eigenvalue weighted by molar-refractivity contribution is 0.103. The highest BCUT2D eigenvalue weighted by atomic mass is 79.9. The topological polar surface area (TPSA) is 26.3 Å². The number of ketones is 1. The summed E-state index contributed by atoms with van der Waals surface area (Å²) in [6.45, 7) is 0. The van der Waals surface area contributed by atoms with Crippen LogP contribution >= 0.6 is 15.9 Å². The first-order valence-electron chi connectivity index (χ1n) is 5.15. The second-order valence-corrected chi connectivity index (χ2v) is 4.39. The standard InChI is InChI=1S/C14H11BrO2/c1-17-11-8-6-10(7-9-11)14(16)12-4-2-3-5-13(12)15/h2-9H,1H3. The highest BCUT2D eigenvalue weighted by molar-refractivity contribution is 9.10. The van der Waals surface area contributed by atoms with Crippen LogP contribution in [0.5, 0.6) is 5.75 Å². The number of halogens is 1. The van der Waals surface area contributed by atoms with Gasteiger partial charge < -0.3 is 4.74 Å². The molecule has 0 heterocycles. The van der Waals surface area contributed by atoms with E-state index in [1.807, 2.05) is 18.2 Å². The molecule has 0 fully saturated rings. The first-order chi connectivity index (χ1) is 8.22. The van der Waals surface area contributed by atoms with Gasteiger partial charge in [-0.25, -0.2) is 0 Å². The fraction of sp³-hybridized carbons (Fsp3) is 0.0714. The first-order valence-corrected chi connectivity index (χ1v) is 5.95. The van der Waals surface area contributed by atoms with Crippen molar-refractivity contribution in [2.75, 3.05) is 7.11 Å². The summed E-state index contributed by atoms with van der Waals surface area (Å²) < 4.78 is 5.86. The molecule has 0 aliphatic rings. The largest absolute Gasteiger partial charge is 0.497 e. The van der Waals surface area contributed by atoms with E-state index in [4.69, 9.17) is 4.74 Å². The van der Waals surface area contributed by atoms with E-state index in [0.29, 0.717) is 11.1 Å². The van der Waals surface area contributed by atoms with E-state index in [9.17, 15) is 4.79 Å². The minimum Gasteiger partial charge on any atom is -0.497 e. The molecule has 17 heavy (non-hydrogen) atoms. The molecule has 0 radical (unpaired) electrons. The lowest BCUT2D eigenvalue weighted by atomic mass is 10.0. The highest BCUT2D eigenvalue weighted by Gasteiger charge is 2.11. The third-order valence-electron chi connectivity index (χ3n) is 2.47. The number of rotatable bonds is 3. The third kappa shape index (κ3) is 2.56. The third-order valence-corrected chi connectivity index (χ3v) is 3.16. The Morgan fingerprint density at radius 2 is 1.71 bits per heavy atom. The molecule has 0 spiro atoms. The summed E-state index contributed by atoms with van der Waals surface area (Å²) in [5.74, 6) is 0.744. The highest BCUT2D eigenvalue weighted by Crippen LogP contribution is 2.21. The Bertz CT molecular complexity index is 532. The predicted molar refractivity (Wildman–Crippen MR) is 70.6 cm³/mol. The van der Waals surface area contributed by atoms with Crippen molar-refractivity contribution in [3.63, 3.8) is 0 Å². The van der Waals surface area contributed by atoms with Crippen molar-refractivity contribution in [3.05, 3.63) is 64.1 Å². The average Bonchev–Trinajstić information content (AvgIpc) is 2.39. The van der Waals surface area contributed by atoms with Crippen molar-refractivity contribution in [2.45, 2.75) is 0 Å². The van der Waals surface area contributed by atoms with E-state index < -0.39 is 0 Å². The van der Waals surface area contributed by atoms with Gasteiger partial charge in [-0.05, 0) is 36.4 Å². The molecule has 2 aromatic rings. The van der Waals surface area contributed by atoms with Crippen molar-refractivity contribution in [3.8, 4) is 5.75 Å². The Labute approximate surface area is 108 Å². The molecule has 0 bridgehead atoms. The molecule has 3 heteroatoms. The van der Waals surface area contributed by atoms with Crippen molar-refractivity contribution in [1.29, 1.82) is 0 Å². The van der Waals surface area contributed by atoms with E-state index in [1.54, 1.807) is 37.4 Å². The van der Waals surface area contributed by atoms with Gasteiger partial charge in [0.05, 0.1) is 7.11 Å². The van der Waals surface area contributed by atoms with Crippen LogP contribution in [-0.4, -0.2) is 12.9 Å². The maximum Gasteiger partial charge on any atom is 0.194 e. The van der Waals surface area contributed by atoms with Crippen LogP contribution in [0.1, 0.15) is 15.9 Å². The van der Waals surface area contributed by atoms with Crippen LogP contribution in [-0.2, 0) is 0 Å². The zero-order valence-corrected chi connectivity index (χ0v) is 10.9. The molecular weight excluding hydrogens is 280 g/mol. The molecule has 2 rings (SSSR count). The Balaban J connectivity index is 2.34. The van der Waals surface area contributed by atoms with Gasteiger partial charge in [-0.3, -0.25) is 4.79 Å². The number of carbonyl (C=O) groups is 1. The monoisotopic (exact) mass is 290 g/mol. The Hall–Kier alpha value is -1.61. The Morgan fingerprint density at radius 3 is 2.29 bits per heavy atom. The zero-order valence-electron chi connectivity index (χ0n) is 9.31. The number of carbonyl (C=O) groups excluding carboxylic acids is 1. The fourth-order valence-electron chi connectivity index (χ4n) is 1.54. The zero-order chi connectivity index (χ0) is 12.3. The molecule has 86 valence electrons. The van der Waals surface area contributed by atoms with Gasteiger partial charge in [-0.15, -0.1) is 0 Å². The average molecular weight is 291 g/mol. The van der Waals surface area contributed by atoms with Gasteiger partial charge in [0.1, 0.15) is 5.75 Å². The minimum atomic E-state index is 0.000119. The van der Waals surface area contributed by atoms with Crippen LogP contribution in [0.25, 0.3) is 0 Å². The van der Waals surface area contributed by atoms with Crippen LogP contribution in [0.15, 0.2) is 53.0 Å². The van der Waals surface area contributed by atoms with Crippen LogP contribution in [0.4, 0.5) is 0 Å². The van der Waals surface area contributed by atoms with Gasteiger partial charge in [0.15, 0.2) is 5.78 Å². The van der Waals surface area contributed by atoms with Gasteiger partial charge in [0.2, 0.25) is 0 Å². The van der Waals surface area contributed by atoms with E-state index >= 15 is 0 Å². The molecular formula is C14H11BrO2. The summed E-state index contributed by atoms with van der Waals surface area (Å²) in [4.78, 5) is 12.2. The number of hydrogen-bond donors (Lipinski definition) is 0. The summed E-state index contributed by atoms with van der Waals surface area (Å²) >= 11 is 3.38. The van der Waals surface area contributed by atoms with Gasteiger partial charge in [0.25, 0.3) is 0 Å². The van der Waals surface area contributed by atoms with E-state index in [1.165, 1.54) is 0 Å². The molecule has 0 saturated carbocycles. The molecule has 0 atom stereocenters. The van der Waals surface area contributed by atoms with E-state index in [-0.39, 0.29) is 5.78 Å². The number of methoxy groups -OCH3 is 1. The molecule has 0 saturated heterocycles. The number of hydrogen-bond acceptors (Lipinski definition) is 2. The number of ether oxygens (including phenoxy) is 1. The van der Waals surface area contributed by atoms with Crippen molar-refractivity contribution >= 4 is 21.7 Å². The van der Waals surface area contributed by atoms with Crippen LogP contribution in [0.2, 0.25) is 0 Å². The van der Waals surface area contributed by atoms with E-state index in [2.05, 4.69) is 15.9 Å². The van der Waals surface area contributed by atoms with Crippen molar-refractivity contribution in [2.24, 2.45) is 0 Å². The summed E-state index contributed by atoms with van der Waals surface area (Å²) in [6, 6.07) is 14.5. The molecule has 2 aromatic carbocycles. The van der Waals surface area contributed by atoms with Gasteiger partial charge in [-0.2, -0.15) is 0 Å². The quantitative estimate of drug-likeness (QED) is 0.806. The normalized spacial score (nSPS) is 10.0. The molecule has 0 aliphatic heterocycles. The second kappa shape index (κ2) is 5.15. The predicted octanol–water partition coefficient (Wildman–Crippen LogP) is 3.69. The maximum absolute atomic E-state index is 12.2. The SMILES string of the molecule is COc1ccc(C(=O)c2ccccc2Br)cc1.